The topological polar surface area (TPSA) is 58.4 Å². The van der Waals surface area contributed by atoms with E-state index in [1.165, 1.54) is 12.8 Å². The standard InChI is InChI=1S/C15H24N6/c1-15(2,3)17-9-12-5-4-7-20(10-12)13-14-19-18-11-21(14)8-6-16-13/h6,8,11-12,17H,4-5,7,9-10H2,1-3H3. The molecule has 0 bridgehead atoms. The number of aromatic nitrogens is 4. The van der Waals surface area contributed by atoms with Gasteiger partial charge in [-0.1, -0.05) is 0 Å². The zero-order valence-corrected chi connectivity index (χ0v) is 13.1. The molecule has 1 aliphatic rings. The highest BCUT2D eigenvalue weighted by Gasteiger charge is 2.24. The van der Waals surface area contributed by atoms with Crippen LogP contribution in [0.3, 0.4) is 0 Å². The lowest BCUT2D eigenvalue weighted by molar-refractivity contribution is 0.335. The maximum atomic E-state index is 4.53. The molecule has 2 aromatic rings. The number of fused-ring (bicyclic) bond motifs is 1. The molecule has 1 N–H and O–H groups in total. The van der Waals surface area contributed by atoms with Crippen molar-refractivity contribution in [3.05, 3.63) is 18.7 Å². The minimum atomic E-state index is 0.174. The van der Waals surface area contributed by atoms with E-state index in [9.17, 15) is 0 Å². The highest BCUT2D eigenvalue weighted by molar-refractivity contribution is 5.63. The number of rotatable bonds is 3. The highest BCUT2D eigenvalue weighted by Crippen LogP contribution is 2.24. The second kappa shape index (κ2) is 5.60. The first-order valence-electron chi connectivity index (χ1n) is 7.67. The van der Waals surface area contributed by atoms with E-state index in [-0.39, 0.29) is 5.54 Å². The molecular weight excluding hydrogens is 264 g/mol. The molecule has 2 aromatic heterocycles. The van der Waals surface area contributed by atoms with Crippen molar-refractivity contribution in [1.82, 2.24) is 24.9 Å². The SMILES string of the molecule is CC(C)(C)NCC1CCCN(c2nccn3cnnc23)C1. The van der Waals surface area contributed by atoms with E-state index in [1.807, 2.05) is 16.8 Å². The number of anilines is 1. The van der Waals surface area contributed by atoms with E-state index < -0.39 is 0 Å². The molecule has 0 aromatic carbocycles. The second-order valence-corrected chi connectivity index (χ2v) is 6.90. The molecule has 0 radical (unpaired) electrons. The summed E-state index contributed by atoms with van der Waals surface area (Å²) in [5, 5.41) is 11.8. The van der Waals surface area contributed by atoms with Crippen molar-refractivity contribution in [3.63, 3.8) is 0 Å². The van der Waals surface area contributed by atoms with E-state index in [0.717, 1.165) is 31.1 Å². The van der Waals surface area contributed by atoms with Crippen LogP contribution < -0.4 is 10.2 Å². The highest BCUT2D eigenvalue weighted by atomic mass is 15.3. The Labute approximate surface area is 125 Å². The fourth-order valence-electron chi connectivity index (χ4n) is 2.84. The van der Waals surface area contributed by atoms with Crippen molar-refractivity contribution >= 4 is 11.5 Å². The van der Waals surface area contributed by atoms with Crippen molar-refractivity contribution in [3.8, 4) is 0 Å². The molecule has 6 heteroatoms. The van der Waals surface area contributed by atoms with Gasteiger partial charge in [-0.05, 0) is 39.5 Å². The van der Waals surface area contributed by atoms with Gasteiger partial charge >= 0.3 is 0 Å². The molecule has 1 unspecified atom stereocenters. The maximum absolute atomic E-state index is 4.53. The zero-order chi connectivity index (χ0) is 14.9. The molecule has 21 heavy (non-hydrogen) atoms. The molecule has 1 saturated heterocycles. The minimum Gasteiger partial charge on any atom is -0.353 e. The minimum absolute atomic E-state index is 0.174. The van der Waals surface area contributed by atoms with Crippen molar-refractivity contribution < 1.29 is 0 Å². The second-order valence-electron chi connectivity index (χ2n) is 6.90. The molecule has 0 aliphatic carbocycles. The van der Waals surface area contributed by atoms with Gasteiger partial charge in [0.15, 0.2) is 5.82 Å². The van der Waals surface area contributed by atoms with Crippen LogP contribution in [-0.4, -0.2) is 44.8 Å². The maximum Gasteiger partial charge on any atom is 0.203 e. The monoisotopic (exact) mass is 288 g/mol. The Morgan fingerprint density at radius 3 is 3.05 bits per heavy atom. The van der Waals surface area contributed by atoms with Crippen LogP contribution in [0.2, 0.25) is 0 Å². The Morgan fingerprint density at radius 2 is 2.24 bits per heavy atom. The third-order valence-corrected chi connectivity index (χ3v) is 3.94. The Balaban J connectivity index is 1.72. The van der Waals surface area contributed by atoms with E-state index in [2.05, 4.69) is 46.2 Å². The van der Waals surface area contributed by atoms with Crippen LogP contribution in [0, 0.1) is 5.92 Å². The van der Waals surface area contributed by atoms with Crippen molar-refractivity contribution in [1.29, 1.82) is 0 Å². The zero-order valence-electron chi connectivity index (χ0n) is 13.1. The largest absolute Gasteiger partial charge is 0.353 e. The lowest BCUT2D eigenvalue weighted by Crippen LogP contribution is -2.45. The molecule has 3 rings (SSSR count). The lowest BCUT2D eigenvalue weighted by atomic mass is 9.96. The van der Waals surface area contributed by atoms with Gasteiger partial charge in [0.2, 0.25) is 5.65 Å². The average molecular weight is 288 g/mol. The predicted molar refractivity (Wildman–Crippen MR) is 83.5 cm³/mol. The number of nitrogens with zero attached hydrogens (tertiary/aromatic N) is 5. The summed E-state index contributed by atoms with van der Waals surface area (Å²) in [5.41, 5.74) is 1.02. The quantitative estimate of drug-likeness (QED) is 0.932. The molecule has 1 fully saturated rings. The molecule has 0 saturated carbocycles. The van der Waals surface area contributed by atoms with Gasteiger partial charge in [-0.25, -0.2) is 4.98 Å². The van der Waals surface area contributed by atoms with Crippen LogP contribution in [0.15, 0.2) is 18.7 Å². The molecule has 6 nitrogen and oxygen atoms in total. The summed E-state index contributed by atoms with van der Waals surface area (Å²) >= 11 is 0. The van der Waals surface area contributed by atoms with Gasteiger partial charge in [-0.15, -0.1) is 10.2 Å². The summed E-state index contributed by atoms with van der Waals surface area (Å²) < 4.78 is 1.93. The summed E-state index contributed by atoms with van der Waals surface area (Å²) in [6, 6.07) is 0. The van der Waals surface area contributed by atoms with Gasteiger partial charge in [0, 0.05) is 37.6 Å². The van der Waals surface area contributed by atoms with Gasteiger partial charge in [0.1, 0.15) is 6.33 Å². The number of hydrogen-bond donors (Lipinski definition) is 1. The molecule has 114 valence electrons. The van der Waals surface area contributed by atoms with Crippen LogP contribution in [0.4, 0.5) is 5.82 Å². The van der Waals surface area contributed by atoms with Crippen molar-refractivity contribution in [2.75, 3.05) is 24.5 Å². The average Bonchev–Trinajstić information content (AvgIpc) is 2.93. The van der Waals surface area contributed by atoms with E-state index in [0.29, 0.717) is 5.92 Å². The van der Waals surface area contributed by atoms with Crippen LogP contribution in [0.5, 0.6) is 0 Å². The fourth-order valence-corrected chi connectivity index (χ4v) is 2.84. The van der Waals surface area contributed by atoms with Gasteiger partial charge in [0.05, 0.1) is 0 Å². The third kappa shape index (κ3) is 3.32. The third-order valence-electron chi connectivity index (χ3n) is 3.94. The van der Waals surface area contributed by atoms with Crippen LogP contribution in [0.25, 0.3) is 5.65 Å². The molecule has 0 spiro atoms. The smallest absolute Gasteiger partial charge is 0.203 e. The number of hydrogen-bond acceptors (Lipinski definition) is 5. The Bertz CT molecular complexity index is 599. The summed E-state index contributed by atoms with van der Waals surface area (Å²) in [6.07, 6.45) is 7.91. The molecule has 1 atom stereocenters. The molecular formula is C15H24N6. The van der Waals surface area contributed by atoms with Crippen LogP contribution in [-0.2, 0) is 0 Å². The van der Waals surface area contributed by atoms with Gasteiger partial charge in [-0.3, -0.25) is 4.40 Å². The van der Waals surface area contributed by atoms with Crippen LogP contribution in [0.1, 0.15) is 33.6 Å². The van der Waals surface area contributed by atoms with Gasteiger partial charge in [0.25, 0.3) is 0 Å². The molecule has 3 heterocycles. The van der Waals surface area contributed by atoms with E-state index in [4.69, 9.17) is 0 Å². The summed E-state index contributed by atoms with van der Waals surface area (Å²) in [6.45, 7) is 9.77. The van der Waals surface area contributed by atoms with Crippen molar-refractivity contribution in [2.45, 2.75) is 39.2 Å². The summed E-state index contributed by atoms with van der Waals surface area (Å²) in [5.74, 6) is 1.61. The summed E-state index contributed by atoms with van der Waals surface area (Å²) in [4.78, 5) is 6.88. The van der Waals surface area contributed by atoms with Gasteiger partial charge in [-0.2, -0.15) is 0 Å². The van der Waals surface area contributed by atoms with E-state index in [1.54, 1.807) is 6.33 Å². The molecule has 0 amide bonds. The Kier molecular flexibility index (Phi) is 3.80. The fraction of sp³-hybridized carbons (Fsp3) is 0.667. The van der Waals surface area contributed by atoms with E-state index >= 15 is 0 Å². The normalized spacial score (nSPS) is 20.1. The first-order valence-corrected chi connectivity index (χ1v) is 7.67. The van der Waals surface area contributed by atoms with Crippen LogP contribution >= 0.6 is 0 Å². The first-order chi connectivity index (χ1) is 10.0. The predicted octanol–water partition coefficient (Wildman–Crippen LogP) is 1.73. The number of piperidine rings is 1. The Hall–Kier alpha value is -1.69. The van der Waals surface area contributed by atoms with Crippen molar-refractivity contribution in [2.24, 2.45) is 5.92 Å². The number of nitrogens with one attached hydrogen (secondary N) is 1. The van der Waals surface area contributed by atoms with Gasteiger partial charge < -0.3 is 10.2 Å². The first kappa shape index (κ1) is 14.3. The summed E-state index contributed by atoms with van der Waals surface area (Å²) in [7, 11) is 0. The Morgan fingerprint density at radius 1 is 1.38 bits per heavy atom. The molecule has 1 aliphatic heterocycles. The lowest BCUT2D eigenvalue weighted by Gasteiger charge is -2.35.